The summed E-state index contributed by atoms with van der Waals surface area (Å²) in [5.74, 6) is 0.495. The largest absolute Gasteiger partial charge is 0.492 e. The van der Waals surface area contributed by atoms with Gasteiger partial charge in [-0.15, -0.1) is 0 Å². The van der Waals surface area contributed by atoms with Crippen molar-refractivity contribution in [2.24, 2.45) is 0 Å². The quantitative estimate of drug-likeness (QED) is 0.607. The first-order valence-electron chi connectivity index (χ1n) is 6.25. The Bertz CT molecular complexity index is 627. The molecule has 1 aromatic heterocycles. The van der Waals surface area contributed by atoms with E-state index in [9.17, 15) is 14.9 Å². The van der Waals surface area contributed by atoms with E-state index in [0.29, 0.717) is 18.0 Å². The van der Waals surface area contributed by atoms with E-state index in [4.69, 9.17) is 4.74 Å². The van der Waals surface area contributed by atoms with Crippen molar-refractivity contribution >= 4 is 22.2 Å². The van der Waals surface area contributed by atoms with Crippen LogP contribution in [0.15, 0.2) is 42.5 Å². The maximum Gasteiger partial charge on any atom is 0.324 e. The SMILES string of the molecule is CN(CCOc1ccccc1)C(=O)c1ccc([N+](=O)[O-])s1. The summed E-state index contributed by atoms with van der Waals surface area (Å²) in [5, 5.41) is 10.6. The van der Waals surface area contributed by atoms with Gasteiger partial charge in [-0.1, -0.05) is 29.5 Å². The highest BCUT2D eigenvalue weighted by molar-refractivity contribution is 7.17. The molecule has 0 bridgehead atoms. The minimum atomic E-state index is -0.500. The molecule has 0 aliphatic rings. The Kier molecular flexibility index (Phi) is 4.89. The molecular formula is C14H14N2O4S. The molecule has 2 rings (SSSR count). The number of benzene rings is 1. The molecule has 0 fully saturated rings. The summed E-state index contributed by atoms with van der Waals surface area (Å²) in [6, 6.07) is 12.1. The minimum absolute atomic E-state index is 0.0349. The van der Waals surface area contributed by atoms with Crippen LogP contribution in [0.25, 0.3) is 0 Å². The van der Waals surface area contributed by atoms with Crippen LogP contribution in [-0.2, 0) is 0 Å². The highest BCUT2D eigenvalue weighted by atomic mass is 32.1. The van der Waals surface area contributed by atoms with Crippen LogP contribution in [0.5, 0.6) is 5.75 Å². The fourth-order valence-electron chi connectivity index (χ4n) is 1.65. The average molecular weight is 306 g/mol. The molecule has 6 nitrogen and oxygen atoms in total. The fraction of sp³-hybridized carbons (Fsp3) is 0.214. The molecule has 0 aliphatic heterocycles. The van der Waals surface area contributed by atoms with Gasteiger partial charge in [0.2, 0.25) is 0 Å². The lowest BCUT2D eigenvalue weighted by atomic mass is 10.3. The van der Waals surface area contributed by atoms with Gasteiger partial charge in [0, 0.05) is 13.1 Å². The van der Waals surface area contributed by atoms with E-state index in [1.165, 1.54) is 17.0 Å². The van der Waals surface area contributed by atoms with Gasteiger partial charge in [0.05, 0.1) is 16.3 Å². The number of para-hydroxylation sites is 1. The highest BCUT2D eigenvalue weighted by Crippen LogP contribution is 2.24. The maximum absolute atomic E-state index is 12.1. The zero-order chi connectivity index (χ0) is 15.2. The molecule has 0 unspecified atom stereocenters. The van der Waals surface area contributed by atoms with Gasteiger partial charge in [-0.25, -0.2) is 0 Å². The average Bonchev–Trinajstić information content (AvgIpc) is 2.97. The Balaban J connectivity index is 1.86. The molecule has 0 aliphatic carbocycles. The summed E-state index contributed by atoms with van der Waals surface area (Å²) in [5.41, 5.74) is 0. The van der Waals surface area contributed by atoms with Gasteiger partial charge in [0.15, 0.2) is 0 Å². The molecular weight excluding hydrogens is 292 g/mol. The summed E-state index contributed by atoms with van der Waals surface area (Å²) in [7, 11) is 1.64. The van der Waals surface area contributed by atoms with E-state index in [0.717, 1.165) is 17.1 Å². The van der Waals surface area contributed by atoms with Gasteiger partial charge in [0.1, 0.15) is 12.4 Å². The normalized spacial score (nSPS) is 10.1. The molecule has 7 heteroatoms. The molecule has 2 aromatic rings. The first-order valence-corrected chi connectivity index (χ1v) is 7.07. The second-order valence-electron chi connectivity index (χ2n) is 4.28. The molecule has 0 saturated heterocycles. The second-order valence-corrected chi connectivity index (χ2v) is 5.35. The Hall–Kier alpha value is -2.41. The smallest absolute Gasteiger partial charge is 0.324 e. The Morgan fingerprint density at radius 2 is 2.00 bits per heavy atom. The first-order chi connectivity index (χ1) is 10.1. The number of ether oxygens (including phenoxy) is 1. The number of carbonyl (C=O) groups is 1. The first kappa shape index (κ1) is 15.0. The number of hydrogen-bond acceptors (Lipinski definition) is 5. The Morgan fingerprint density at radius 3 is 2.62 bits per heavy atom. The lowest BCUT2D eigenvalue weighted by Gasteiger charge is -2.16. The minimum Gasteiger partial charge on any atom is -0.492 e. The number of amides is 1. The Labute approximate surface area is 125 Å². The standard InChI is InChI=1S/C14H14N2O4S/c1-15(9-10-20-11-5-3-2-4-6-11)14(17)12-7-8-13(21-12)16(18)19/h2-8H,9-10H2,1H3. The van der Waals surface area contributed by atoms with Gasteiger partial charge in [0.25, 0.3) is 5.91 Å². The molecule has 1 aromatic carbocycles. The van der Waals surface area contributed by atoms with Crippen LogP contribution >= 0.6 is 11.3 Å². The van der Waals surface area contributed by atoms with Crippen LogP contribution in [0, 0.1) is 10.1 Å². The monoisotopic (exact) mass is 306 g/mol. The van der Waals surface area contributed by atoms with Gasteiger partial charge in [-0.05, 0) is 18.2 Å². The third kappa shape index (κ3) is 4.03. The molecule has 0 atom stereocenters. The molecule has 21 heavy (non-hydrogen) atoms. The molecule has 1 amide bonds. The van der Waals surface area contributed by atoms with Crippen LogP contribution in [0.1, 0.15) is 9.67 Å². The number of nitrogens with zero attached hydrogens (tertiary/aromatic N) is 2. The van der Waals surface area contributed by atoms with E-state index in [1.807, 2.05) is 30.3 Å². The third-order valence-corrected chi connectivity index (χ3v) is 3.79. The molecule has 110 valence electrons. The molecule has 0 N–H and O–H groups in total. The maximum atomic E-state index is 12.1. The molecule has 0 spiro atoms. The van der Waals surface area contributed by atoms with Gasteiger partial charge in [-0.2, -0.15) is 0 Å². The van der Waals surface area contributed by atoms with Crippen molar-refractivity contribution < 1.29 is 14.5 Å². The number of likely N-dealkylation sites (N-methyl/N-ethyl adjacent to an activating group) is 1. The molecule has 0 radical (unpaired) electrons. The topological polar surface area (TPSA) is 72.7 Å². The third-order valence-electron chi connectivity index (χ3n) is 2.77. The van der Waals surface area contributed by atoms with Crippen molar-refractivity contribution in [1.29, 1.82) is 0 Å². The predicted molar refractivity (Wildman–Crippen MR) is 79.9 cm³/mol. The summed E-state index contributed by atoms with van der Waals surface area (Å²) in [6.07, 6.45) is 0. The molecule has 1 heterocycles. The molecule has 0 saturated carbocycles. The van der Waals surface area contributed by atoms with Crippen molar-refractivity contribution in [2.75, 3.05) is 20.2 Å². The van der Waals surface area contributed by atoms with Crippen LogP contribution in [0.2, 0.25) is 0 Å². The van der Waals surface area contributed by atoms with Gasteiger partial charge < -0.3 is 9.64 Å². The van der Waals surface area contributed by atoms with Crippen LogP contribution in [0.4, 0.5) is 5.00 Å². The lowest BCUT2D eigenvalue weighted by Crippen LogP contribution is -2.30. The van der Waals surface area contributed by atoms with Crippen molar-refractivity contribution in [2.45, 2.75) is 0 Å². The van der Waals surface area contributed by atoms with E-state index < -0.39 is 4.92 Å². The lowest BCUT2D eigenvalue weighted by molar-refractivity contribution is -0.380. The van der Waals surface area contributed by atoms with E-state index >= 15 is 0 Å². The van der Waals surface area contributed by atoms with Gasteiger partial charge >= 0.3 is 5.00 Å². The van der Waals surface area contributed by atoms with Crippen LogP contribution in [0.3, 0.4) is 0 Å². The zero-order valence-corrected chi connectivity index (χ0v) is 12.2. The summed E-state index contributed by atoms with van der Waals surface area (Å²) >= 11 is 0.876. The Morgan fingerprint density at radius 1 is 1.29 bits per heavy atom. The zero-order valence-electron chi connectivity index (χ0n) is 11.4. The van der Waals surface area contributed by atoms with E-state index in [-0.39, 0.29) is 10.9 Å². The van der Waals surface area contributed by atoms with Crippen molar-refractivity contribution in [3.63, 3.8) is 0 Å². The fourth-order valence-corrected chi connectivity index (χ4v) is 2.46. The van der Waals surface area contributed by atoms with Crippen LogP contribution in [-0.4, -0.2) is 35.9 Å². The summed E-state index contributed by atoms with van der Waals surface area (Å²) in [4.78, 5) is 24.0. The second kappa shape index (κ2) is 6.85. The van der Waals surface area contributed by atoms with Gasteiger partial charge in [-0.3, -0.25) is 14.9 Å². The number of nitro groups is 1. The van der Waals surface area contributed by atoms with E-state index in [2.05, 4.69) is 0 Å². The summed E-state index contributed by atoms with van der Waals surface area (Å²) in [6.45, 7) is 0.763. The number of carbonyl (C=O) groups excluding carboxylic acids is 1. The van der Waals surface area contributed by atoms with E-state index in [1.54, 1.807) is 7.05 Å². The number of hydrogen-bond donors (Lipinski definition) is 0. The number of rotatable bonds is 6. The predicted octanol–water partition coefficient (Wildman–Crippen LogP) is 2.81. The van der Waals surface area contributed by atoms with Crippen molar-refractivity contribution in [1.82, 2.24) is 4.90 Å². The summed E-state index contributed by atoms with van der Waals surface area (Å²) < 4.78 is 5.51. The number of thiophene rings is 1. The van der Waals surface area contributed by atoms with Crippen molar-refractivity contribution in [3.05, 3.63) is 57.5 Å². The van der Waals surface area contributed by atoms with Crippen molar-refractivity contribution in [3.8, 4) is 5.75 Å². The van der Waals surface area contributed by atoms with Crippen LogP contribution < -0.4 is 4.74 Å². The highest BCUT2D eigenvalue weighted by Gasteiger charge is 2.18.